The number of para-hydroxylation sites is 1. The highest BCUT2D eigenvalue weighted by atomic mass is 19.1. The Morgan fingerprint density at radius 1 is 1.05 bits per heavy atom. The molecule has 19 heavy (non-hydrogen) atoms. The quantitative estimate of drug-likeness (QED) is 0.675. The van der Waals surface area contributed by atoms with Gasteiger partial charge in [-0.3, -0.25) is 4.79 Å². The average molecular weight is 261 g/mol. The zero-order valence-corrected chi connectivity index (χ0v) is 9.69. The molecule has 2 rings (SSSR count). The summed E-state index contributed by atoms with van der Waals surface area (Å²) in [5, 5.41) is 6.86. The van der Waals surface area contributed by atoms with Crippen LogP contribution in [-0.2, 0) is 0 Å². The van der Waals surface area contributed by atoms with Crippen molar-refractivity contribution in [3.8, 4) is 11.5 Å². The SMILES string of the molecule is N=CC(=O)c1ccc(F)c(Oc2ccccc2F)c1. The number of rotatable bonds is 4. The van der Waals surface area contributed by atoms with Gasteiger partial charge in [-0.2, -0.15) is 0 Å². The fraction of sp³-hybridized carbons (Fsp3) is 0. The first-order chi connectivity index (χ1) is 9.11. The lowest BCUT2D eigenvalue weighted by molar-refractivity contribution is 0.107. The number of benzene rings is 2. The summed E-state index contributed by atoms with van der Waals surface area (Å²) in [7, 11) is 0. The highest BCUT2D eigenvalue weighted by molar-refractivity contribution is 6.34. The predicted octanol–water partition coefficient (Wildman–Crippen LogP) is 3.59. The Bertz CT molecular complexity index is 641. The summed E-state index contributed by atoms with van der Waals surface area (Å²) in [4.78, 5) is 11.3. The van der Waals surface area contributed by atoms with Crippen LogP contribution in [0.2, 0.25) is 0 Å². The minimum absolute atomic E-state index is 0.0998. The number of hydrogen-bond donors (Lipinski definition) is 1. The fourth-order valence-electron chi connectivity index (χ4n) is 1.46. The number of Topliss-reactive ketones (excluding diaryl/α,β-unsaturated/α-hetero) is 1. The van der Waals surface area contributed by atoms with E-state index in [0.717, 1.165) is 12.1 Å². The zero-order chi connectivity index (χ0) is 13.8. The van der Waals surface area contributed by atoms with Crippen molar-refractivity contribution in [3.05, 3.63) is 59.7 Å². The van der Waals surface area contributed by atoms with E-state index in [2.05, 4.69) is 0 Å². The molecule has 0 amide bonds. The molecule has 0 heterocycles. The van der Waals surface area contributed by atoms with E-state index in [1.165, 1.54) is 24.3 Å². The maximum Gasteiger partial charge on any atom is 0.203 e. The summed E-state index contributed by atoms with van der Waals surface area (Å²) in [5.41, 5.74) is 0.0998. The lowest BCUT2D eigenvalue weighted by Gasteiger charge is -2.08. The van der Waals surface area contributed by atoms with Gasteiger partial charge >= 0.3 is 0 Å². The first-order valence-corrected chi connectivity index (χ1v) is 5.38. The Morgan fingerprint density at radius 2 is 1.74 bits per heavy atom. The topological polar surface area (TPSA) is 50.2 Å². The van der Waals surface area contributed by atoms with Crippen molar-refractivity contribution in [2.24, 2.45) is 0 Å². The smallest absolute Gasteiger partial charge is 0.203 e. The molecule has 0 aliphatic heterocycles. The Morgan fingerprint density at radius 3 is 2.42 bits per heavy atom. The fourth-order valence-corrected chi connectivity index (χ4v) is 1.46. The summed E-state index contributed by atoms with van der Waals surface area (Å²) >= 11 is 0. The number of ketones is 1. The largest absolute Gasteiger partial charge is 0.451 e. The van der Waals surface area contributed by atoms with E-state index in [4.69, 9.17) is 10.1 Å². The second-order valence-electron chi connectivity index (χ2n) is 3.69. The van der Waals surface area contributed by atoms with Crippen molar-refractivity contribution < 1.29 is 18.3 Å². The van der Waals surface area contributed by atoms with Crippen LogP contribution in [0.4, 0.5) is 8.78 Å². The average Bonchev–Trinajstić information content (AvgIpc) is 2.42. The highest BCUT2D eigenvalue weighted by Crippen LogP contribution is 2.27. The number of hydrogen-bond acceptors (Lipinski definition) is 3. The molecule has 0 radical (unpaired) electrons. The molecule has 0 saturated carbocycles. The minimum atomic E-state index is -0.718. The number of carbonyl (C=O) groups excluding carboxylic acids is 1. The van der Waals surface area contributed by atoms with E-state index in [1.807, 2.05) is 0 Å². The Kier molecular flexibility index (Phi) is 3.66. The van der Waals surface area contributed by atoms with Gasteiger partial charge < -0.3 is 10.1 Å². The summed E-state index contributed by atoms with van der Waals surface area (Å²) < 4.78 is 32.0. The van der Waals surface area contributed by atoms with Crippen LogP contribution in [0.5, 0.6) is 11.5 Å². The normalized spacial score (nSPS) is 10.0. The molecule has 0 aliphatic rings. The summed E-state index contributed by atoms with van der Waals surface area (Å²) in [6, 6.07) is 8.95. The molecule has 3 nitrogen and oxygen atoms in total. The highest BCUT2D eigenvalue weighted by Gasteiger charge is 2.11. The van der Waals surface area contributed by atoms with Gasteiger partial charge in [0.05, 0.1) is 6.21 Å². The van der Waals surface area contributed by atoms with Gasteiger partial charge in [0.1, 0.15) is 0 Å². The second-order valence-corrected chi connectivity index (χ2v) is 3.69. The number of carbonyl (C=O) groups is 1. The van der Waals surface area contributed by atoms with Gasteiger partial charge in [0.25, 0.3) is 0 Å². The van der Waals surface area contributed by atoms with Gasteiger partial charge in [-0.25, -0.2) is 8.78 Å². The van der Waals surface area contributed by atoms with Crippen LogP contribution in [0, 0.1) is 17.0 Å². The molecule has 2 aromatic rings. The number of nitrogens with one attached hydrogen (secondary N) is 1. The van der Waals surface area contributed by atoms with Crippen LogP contribution in [0.1, 0.15) is 10.4 Å². The van der Waals surface area contributed by atoms with Gasteiger partial charge in [0.15, 0.2) is 23.1 Å². The Balaban J connectivity index is 2.37. The van der Waals surface area contributed by atoms with Crippen LogP contribution in [0.25, 0.3) is 0 Å². The Hall–Kier alpha value is -2.56. The van der Waals surface area contributed by atoms with Gasteiger partial charge in [-0.1, -0.05) is 12.1 Å². The molecule has 5 heteroatoms. The molecule has 0 unspecified atom stereocenters. The molecule has 0 aliphatic carbocycles. The van der Waals surface area contributed by atoms with Crippen molar-refractivity contribution in [2.75, 3.05) is 0 Å². The van der Waals surface area contributed by atoms with E-state index in [9.17, 15) is 13.6 Å². The molecule has 0 bridgehead atoms. The second kappa shape index (κ2) is 5.39. The molecule has 0 saturated heterocycles. The first-order valence-electron chi connectivity index (χ1n) is 5.38. The van der Waals surface area contributed by atoms with Gasteiger partial charge in [0, 0.05) is 5.56 Å². The maximum absolute atomic E-state index is 13.5. The van der Waals surface area contributed by atoms with Crippen molar-refractivity contribution in [1.82, 2.24) is 0 Å². The molecule has 96 valence electrons. The Labute approximate surface area is 108 Å². The van der Waals surface area contributed by atoms with Crippen LogP contribution in [0.15, 0.2) is 42.5 Å². The molecular weight excluding hydrogens is 252 g/mol. The van der Waals surface area contributed by atoms with E-state index >= 15 is 0 Å². The molecule has 0 atom stereocenters. The molecule has 0 fully saturated rings. The standard InChI is InChI=1S/C14H9F2NO2/c15-10-3-1-2-4-13(10)19-14-7-9(12(18)8-17)5-6-11(14)16/h1-8,17H. The number of halogens is 2. The van der Waals surface area contributed by atoms with Gasteiger partial charge in [-0.15, -0.1) is 0 Å². The summed E-state index contributed by atoms with van der Waals surface area (Å²) in [6.07, 6.45) is 0.611. The van der Waals surface area contributed by atoms with Crippen molar-refractivity contribution in [2.45, 2.75) is 0 Å². The van der Waals surface area contributed by atoms with Gasteiger partial charge in [-0.05, 0) is 30.3 Å². The van der Waals surface area contributed by atoms with E-state index in [0.29, 0.717) is 6.21 Å². The first kappa shape index (κ1) is 12.9. The van der Waals surface area contributed by atoms with Crippen LogP contribution in [-0.4, -0.2) is 12.0 Å². The van der Waals surface area contributed by atoms with E-state index in [-0.39, 0.29) is 17.1 Å². The third-order valence-corrected chi connectivity index (χ3v) is 2.40. The molecule has 1 N–H and O–H groups in total. The zero-order valence-electron chi connectivity index (χ0n) is 9.69. The lowest BCUT2D eigenvalue weighted by atomic mass is 10.1. The van der Waals surface area contributed by atoms with Crippen LogP contribution in [0.3, 0.4) is 0 Å². The molecule has 2 aromatic carbocycles. The molecule has 0 aromatic heterocycles. The summed E-state index contributed by atoms with van der Waals surface area (Å²) in [5.74, 6) is -2.34. The van der Waals surface area contributed by atoms with Crippen LogP contribution >= 0.6 is 0 Å². The third kappa shape index (κ3) is 2.82. The van der Waals surface area contributed by atoms with Crippen molar-refractivity contribution >= 4 is 12.0 Å². The number of ether oxygens (including phenoxy) is 1. The minimum Gasteiger partial charge on any atom is -0.451 e. The third-order valence-electron chi connectivity index (χ3n) is 2.40. The predicted molar refractivity (Wildman–Crippen MR) is 66.0 cm³/mol. The lowest BCUT2D eigenvalue weighted by Crippen LogP contribution is -2.00. The maximum atomic E-state index is 13.5. The summed E-state index contributed by atoms with van der Waals surface area (Å²) in [6.45, 7) is 0. The van der Waals surface area contributed by atoms with E-state index in [1.54, 1.807) is 6.07 Å². The van der Waals surface area contributed by atoms with Crippen molar-refractivity contribution in [3.63, 3.8) is 0 Å². The van der Waals surface area contributed by atoms with Gasteiger partial charge in [0.2, 0.25) is 5.78 Å². The van der Waals surface area contributed by atoms with Crippen molar-refractivity contribution in [1.29, 1.82) is 5.41 Å². The van der Waals surface area contributed by atoms with Crippen LogP contribution < -0.4 is 4.74 Å². The van der Waals surface area contributed by atoms with E-state index < -0.39 is 17.4 Å². The molecular formula is C14H9F2NO2. The molecule has 0 spiro atoms. The monoisotopic (exact) mass is 261 g/mol.